The summed E-state index contributed by atoms with van der Waals surface area (Å²) in [6.07, 6.45) is 21.0. The predicted molar refractivity (Wildman–Crippen MR) is 137 cm³/mol. The van der Waals surface area contributed by atoms with Gasteiger partial charge in [0.05, 0.1) is 31.5 Å². The lowest BCUT2D eigenvalue weighted by atomic mass is 10.0. The largest absolute Gasteiger partial charge is 0.394 e. The van der Waals surface area contributed by atoms with E-state index in [0.717, 1.165) is 6.42 Å². The van der Waals surface area contributed by atoms with E-state index < -0.39 is 11.9 Å². The Labute approximate surface area is 207 Å². The molecule has 0 saturated carbocycles. The fourth-order valence-corrected chi connectivity index (χ4v) is 4.13. The van der Waals surface area contributed by atoms with Crippen molar-refractivity contribution in [2.24, 2.45) is 0 Å². The van der Waals surface area contributed by atoms with Crippen molar-refractivity contribution in [1.29, 1.82) is 5.26 Å². The van der Waals surface area contributed by atoms with Crippen LogP contribution in [0.4, 0.5) is 4.39 Å². The van der Waals surface area contributed by atoms with Crippen LogP contribution in [0.2, 0.25) is 0 Å². The van der Waals surface area contributed by atoms with Gasteiger partial charge in [-0.2, -0.15) is 5.26 Å². The van der Waals surface area contributed by atoms with Crippen LogP contribution in [0, 0.1) is 17.1 Å². The van der Waals surface area contributed by atoms with E-state index in [2.05, 4.69) is 6.92 Å². The average Bonchev–Trinajstić information content (AvgIpc) is 2.84. The molecular formula is C29H48FNO3. The highest BCUT2D eigenvalue weighted by molar-refractivity contribution is 5.33. The van der Waals surface area contributed by atoms with Gasteiger partial charge in [-0.15, -0.1) is 0 Å². The maximum Gasteiger partial charge on any atom is 0.124 e. The first-order valence-corrected chi connectivity index (χ1v) is 13.7. The number of ether oxygens (including phenoxy) is 2. The van der Waals surface area contributed by atoms with Gasteiger partial charge < -0.3 is 14.6 Å². The highest BCUT2D eigenvalue weighted by Crippen LogP contribution is 2.14. The number of unbranched alkanes of at least 4 members (excludes halogenated alkanes) is 15. The first-order valence-electron chi connectivity index (χ1n) is 13.7. The van der Waals surface area contributed by atoms with Gasteiger partial charge in [0.1, 0.15) is 11.9 Å². The Morgan fingerprint density at radius 1 is 0.824 bits per heavy atom. The number of hydrogen-bond acceptors (Lipinski definition) is 4. The minimum absolute atomic E-state index is 0.139. The van der Waals surface area contributed by atoms with Crippen LogP contribution >= 0.6 is 0 Å². The Bertz CT molecular complexity index is 647. The number of halogens is 1. The molecule has 0 aliphatic heterocycles. The Morgan fingerprint density at radius 3 is 1.85 bits per heavy atom. The number of nitrogens with zero attached hydrogens (tertiary/aromatic N) is 1. The molecule has 0 aromatic heterocycles. The molecule has 1 unspecified atom stereocenters. The summed E-state index contributed by atoms with van der Waals surface area (Å²) in [5.74, 6) is -0.460. The van der Waals surface area contributed by atoms with Crippen LogP contribution in [0.15, 0.2) is 18.2 Å². The highest BCUT2D eigenvalue weighted by Gasteiger charge is 2.09. The first kappa shape index (κ1) is 30.6. The van der Waals surface area contributed by atoms with Gasteiger partial charge in [-0.25, -0.2) is 4.39 Å². The summed E-state index contributed by atoms with van der Waals surface area (Å²) >= 11 is 0. The molecule has 0 saturated heterocycles. The van der Waals surface area contributed by atoms with Crippen molar-refractivity contribution in [1.82, 2.24) is 0 Å². The Hall–Kier alpha value is -1.48. The Morgan fingerprint density at radius 2 is 1.35 bits per heavy atom. The van der Waals surface area contributed by atoms with Crippen molar-refractivity contribution < 1.29 is 19.0 Å². The van der Waals surface area contributed by atoms with E-state index in [0.29, 0.717) is 18.8 Å². The molecular weight excluding hydrogens is 429 g/mol. The van der Waals surface area contributed by atoms with E-state index in [4.69, 9.17) is 14.7 Å². The van der Waals surface area contributed by atoms with Gasteiger partial charge in [-0.1, -0.05) is 103 Å². The molecule has 1 aromatic carbocycles. The molecule has 1 N–H and O–H groups in total. The van der Waals surface area contributed by atoms with Gasteiger partial charge in [-0.3, -0.25) is 0 Å². The smallest absolute Gasteiger partial charge is 0.124 e. The molecule has 0 spiro atoms. The standard InChI is InChI=1S/C29H48FNO3/c1-2-3-4-5-6-7-8-9-10-11-12-13-14-15-16-17-18-33-25-29(23-32)34-24-27-19-26(22-31)20-28(30)21-27/h19-21,29,32H,2-18,23-25H2,1H3. The number of aliphatic hydroxyl groups is 1. The zero-order valence-corrected chi connectivity index (χ0v) is 21.5. The van der Waals surface area contributed by atoms with Crippen molar-refractivity contribution in [2.45, 2.75) is 122 Å². The molecule has 5 heteroatoms. The summed E-state index contributed by atoms with van der Waals surface area (Å²) in [5, 5.41) is 18.4. The molecule has 1 atom stereocenters. The first-order chi connectivity index (χ1) is 16.7. The number of hydrogen-bond donors (Lipinski definition) is 1. The molecule has 194 valence electrons. The molecule has 1 aromatic rings. The topological polar surface area (TPSA) is 62.5 Å². The molecule has 0 amide bonds. The van der Waals surface area contributed by atoms with Gasteiger partial charge in [0.2, 0.25) is 0 Å². The van der Waals surface area contributed by atoms with E-state index in [1.807, 2.05) is 6.07 Å². The van der Waals surface area contributed by atoms with Gasteiger partial charge >= 0.3 is 0 Å². The summed E-state index contributed by atoms with van der Waals surface area (Å²) in [6, 6.07) is 6.05. The number of aliphatic hydroxyl groups excluding tert-OH is 1. The van der Waals surface area contributed by atoms with E-state index in [-0.39, 0.29) is 18.8 Å². The molecule has 0 radical (unpaired) electrons. The molecule has 0 aliphatic rings. The van der Waals surface area contributed by atoms with Gasteiger partial charge in [-0.05, 0) is 30.2 Å². The van der Waals surface area contributed by atoms with E-state index >= 15 is 0 Å². The lowest BCUT2D eigenvalue weighted by molar-refractivity contribution is -0.0503. The second-order valence-corrected chi connectivity index (χ2v) is 9.45. The number of rotatable bonds is 23. The maximum atomic E-state index is 13.5. The van der Waals surface area contributed by atoms with E-state index in [1.54, 1.807) is 6.07 Å². The quantitative estimate of drug-likeness (QED) is 0.163. The van der Waals surface area contributed by atoms with Crippen LogP contribution in [-0.4, -0.2) is 31.0 Å². The van der Waals surface area contributed by atoms with Crippen LogP contribution in [0.5, 0.6) is 0 Å². The van der Waals surface area contributed by atoms with E-state index in [1.165, 1.54) is 108 Å². The second-order valence-electron chi connectivity index (χ2n) is 9.45. The van der Waals surface area contributed by atoms with Crippen LogP contribution in [0.25, 0.3) is 0 Å². The van der Waals surface area contributed by atoms with E-state index in [9.17, 15) is 9.50 Å². The number of benzene rings is 1. The molecule has 0 bridgehead atoms. The fraction of sp³-hybridized carbons (Fsp3) is 0.759. The third-order valence-corrected chi connectivity index (χ3v) is 6.22. The van der Waals surface area contributed by atoms with Gasteiger partial charge in [0, 0.05) is 6.61 Å². The van der Waals surface area contributed by atoms with Crippen LogP contribution < -0.4 is 0 Å². The zero-order chi connectivity index (χ0) is 24.7. The van der Waals surface area contributed by atoms with Crippen molar-refractivity contribution in [3.05, 3.63) is 35.1 Å². The van der Waals surface area contributed by atoms with Gasteiger partial charge in [0.15, 0.2) is 0 Å². The fourth-order valence-electron chi connectivity index (χ4n) is 4.13. The summed E-state index contributed by atoms with van der Waals surface area (Å²) in [6.45, 7) is 3.24. The summed E-state index contributed by atoms with van der Waals surface area (Å²) < 4.78 is 24.7. The number of nitriles is 1. The van der Waals surface area contributed by atoms with Gasteiger partial charge in [0.25, 0.3) is 0 Å². The van der Waals surface area contributed by atoms with Crippen molar-refractivity contribution in [3.63, 3.8) is 0 Å². The summed E-state index contributed by atoms with van der Waals surface area (Å²) in [4.78, 5) is 0. The zero-order valence-electron chi connectivity index (χ0n) is 21.5. The second kappa shape index (κ2) is 22.0. The third-order valence-electron chi connectivity index (χ3n) is 6.22. The third kappa shape index (κ3) is 17.0. The van der Waals surface area contributed by atoms with Crippen molar-refractivity contribution in [3.8, 4) is 6.07 Å². The monoisotopic (exact) mass is 477 g/mol. The lowest BCUT2D eigenvalue weighted by Crippen LogP contribution is -2.24. The Kier molecular flexibility index (Phi) is 19.8. The average molecular weight is 478 g/mol. The Balaban J connectivity index is 1.89. The van der Waals surface area contributed by atoms with Crippen LogP contribution in [-0.2, 0) is 16.1 Å². The maximum absolute atomic E-state index is 13.5. The predicted octanol–water partition coefficient (Wildman–Crippen LogP) is 7.85. The minimum atomic E-state index is -0.460. The van der Waals surface area contributed by atoms with Crippen LogP contribution in [0.1, 0.15) is 121 Å². The highest BCUT2D eigenvalue weighted by atomic mass is 19.1. The molecule has 34 heavy (non-hydrogen) atoms. The lowest BCUT2D eigenvalue weighted by Gasteiger charge is -2.16. The summed E-state index contributed by atoms with van der Waals surface area (Å²) in [7, 11) is 0. The minimum Gasteiger partial charge on any atom is -0.394 e. The normalized spacial score (nSPS) is 12.1. The molecule has 0 heterocycles. The molecule has 4 nitrogen and oxygen atoms in total. The SMILES string of the molecule is CCCCCCCCCCCCCCCCCCOCC(CO)OCc1cc(F)cc(C#N)c1. The molecule has 0 fully saturated rings. The van der Waals surface area contributed by atoms with Crippen molar-refractivity contribution >= 4 is 0 Å². The summed E-state index contributed by atoms with van der Waals surface area (Å²) in [5.41, 5.74) is 0.840. The molecule has 0 aliphatic carbocycles. The molecule has 1 rings (SSSR count). The van der Waals surface area contributed by atoms with Crippen molar-refractivity contribution in [2.75, 3.05) is 19.8 Å². The van der Waals surface area contributed by atoms with Crippen LogP contribution in [0.3, 0.4) is 0 Å².